The van der Waals surface area contributed by atoms with E-state index in [2.05, 4.69) is 6.58 Å². The van der Waals surface area contributed by atoms with Gasteiger partial charge in [-0.1, -0.05) is 12.6 Å². The number of carbonyl (C=O) groups is 1. The van der Waals surface area contributed by atoms with E-state index in [4.69, 9.17) is 14.2 Å². The molecule has 0 aliphatic rings. The van der Waals surface area contributed by atoms with Crippen LogP contribution in [0.2, 0.25) is 0 Å². The van der Waals surface area contributed by atoms with Gasteiger partial charge in [-0.15, -0.1) is 0 Å². The summed E-state index contributed by atoms with van der Waals surface area (Å²) in [6.07, 6.45) is 0.912. The molecule has 0 aromatic heterocycles. The summed E-state index contributed by atoms with van der Waals surface area (Å²) in [6.45, 7) is 3.71. The molecule has 0 aliphatic carbocycles. The lowest BCUT2D eigenvalue weighted by Gasteiger charge is -2.10. The number of carbonyl (C=O) groups excluding carboxylic acids is 1. The largest absolute Gasteiger partial charge is 0.487 e. The molecule has 0 N–H and O–H groups in total. The number of ether oxygens (including phenoxy) is 3. The fourth-order valence-corrected chi connectivity index (χ4v) is 1.24. The molecule has 0 saturated carbocycles. The number of benzene rings is 1. The molecule has 0 heterocycles. The fraction of sp³-hybridized carbons (Fsp3) is 0.250. The first-order valence-electron chi connectivity index (χ1n) is 5.33. The molecule has 19 heavy (non-hydrogen) atoms. The first kappa shape index (κ1) is 14.7. The Balaban J connectivity index is 3.06. The van der Waals surface area contributed by atoms with Crippen molar-refractivity contribution in [3.63, 3.8) is 0 Å². The van der Waals surface area contributed by atoms with Crippen LogP contribution in [0.5, 0.6) is 11.5 Å². The van der Waals surface area contributed by atoms with Crippen LogP contribution in [0.4, 0.5) is 5.69 Å². The molecule has 7 nitrogen and oxygen atoms in total. The van der Waals surface area contributed by atoms with Gasteiger partial charge in [0.2, 0.25) is 5.75 Å². The van der Waals surface area contributed by atoms with Crippen LogP contribution >= 0.6 is 0 Å². The first-order valence-corrected chi connectivity index (χ1v) is 5.33. The van der Waals surface area contributed by atoms with Gasteiger partial charge in [0.15, 0.2) is 5.75 Å². The molecule has 0 saturated heterocycles. The van der Waals surface area contributed by atoms with Crippen molar-refractivity contribution < 1.29 is 23.9 Å². The molecule has 1 rings (SSSR count). The topological polar surface area (TPSA) is 87.9 Å². The van der Waals surface area contributed by atoms with Crippen molar-refractivity contribution in [2.75, 3.05) is 20.3 Å². The average molecular weight is 267 g/mol. The van der Waals surface area contributed by atoms with Gasteiger partial charge in [-0.2, -0.15) is 0 Å². The average Bonchev–Trinajstić information content (AvgIpc) is 2.40. The molecule has 0 atom stereocenters. The zero-order chi connectivity index (χ0) is 14.3. The van der Waals surface area contributed by atoms with Crippen molar-refractivity contribution in [1.29, 1.82) is 0 Å². The van der Waals surface area contributed by atoms with Gasteiger partial charge in [-0.25, -0.2) is 4.79 Å². The fourth-order valence-electron chi connectivity index (χ4n) is 1.24. The van der Waals surface area contributed by atoms with Crippen molar-refractivity contribution >= 4 is 11.7 Å². The molecule has 1 aromatic carbocycles. The summed E-state index contributed by atoms with van der Waals surface area (Å²) in [5.41, 5.74) is -0.356. The Kier molecular flexibility index (Phi) is 5.49. The highest BCUT2D eigenvalue weighted by molar-refractivity contribution is 5.84. The number of nitro groups is 1. The molecule has 0 aliphatic heterocycles. The predicted octanol–water partition coefficient (Wildman–Crippen LogP) is 1.71. The Morgan fingerprint density at radius 2 is 2.21 bits per heavy atom. The van der Waals surface area contributed by atoms with Gasteiger partial charge < -0.3 is 14.2 Å². The lowest BCUT2D eigenvalue weighted by molar-refractivity contribution is -0.385. The van der Waals surface area contributed by atoms with E-state index in [1.165, 1.54) is 25.3 Å². The third-order valence-corrected chi connectivity index (χ3v) is 2.07. The smallest absolute Gasteiger partial charge is 0.335 e. The summed E-state index contributed by atoms with van der Waals surface area (Å²) >= 11 is 0. The van der Waals surface area contributed by atoms with Gasteiger partial charge in [-0.3, -0.25) is 10.1 Å². The van der Waals surface area contributed by atoms with E-state index in [-0.39, 0.29) is 23.8 Å². The van der Waals surface area contributed by atoms with Crippen LogP contribution in [0.25, 0.3) is 0 Å². The molecule has 0 spiro atoms. The summed E-state index contributed by atoms with van der Waals surface area (Å²) < 4.78 is 14.9. The summed E-state index contributed by atoms with van der Waals surface area (Å²) in [7, 11) is 1.50. The molecule has 0 unspecified atom stereocenters. The van der Waals surface area contributed by atoms with Crippen molar-refractivity contribution in [2.24, 2.45) is 0 Å². The summed E-state index contributed by atoms with van der Waals surface area (Å²) in [6, 6.07) is 4.12. The maximum absolute atomic E-state index is 11.2. The number of rotatable bonds is 7. The van der Waals surface area contributed by atoms with E-state index >= 15 is 0 Å². The highest BCUT2D eigenvalue weighted by Crippen LogP contribution is 2.36. The van der Waals surface area contributed by atoms with E-state index in [0.29, 0.717) is 6.61 Å². The molecule has 0 radical (unpaired) electrons. The van der Waals surface area contributed by atoms with Crippen LogP contribution in [0.3, 0.4) is 0 Å². The van der Waals surface area contributed by atoms with Crippen molar-refractivity contribution in [2.45, 2.75) is 0 Å². The van der Waals surface area contributed by atoms with Gasteiger partial charge in [0.05, 0.1) is 11.5 Å². The van der Waals surface area contributed by atoms with Crippen LogP contribution in [0, 0.1) is 10.1 Å². The number of esters is 1. The number of nitro benzene ring substituents is 1. The van der Waals surface area contributed by atoms with E-state index < -0.39 is 10.9 Å². The van der Waals surface area contributed by atoms with Crippen molar-refractivity contribution in [3.8, 4) is 11.5 Å². The zero-order valence-corrected chi connectivity index (χ0v) is 10.3. The lowest BCUT2D eigenvalue weighted by Crippen LogP contribution is -2.10. The summed E-state index contributed by atoms with van der Waals surface area (Å²) in [5, 5.41) is 10.9. The van der Waals surface area contributed by atoms with E-state index in [1.54, 1.807) is 0 Å². The van der Waals surface area contributed by atoms with Gasteiger partial charge in [0, 0.05) is 19.3 Å². The monoisotopic (exact) mass is 267 g/mol. The minimum Gasteiger partial charge on any atom is -0.487 e. The zero-order valence-electron chi connectivity index (χ0n) is 10.3. The predicted molar refractivity (Wildman–Crippen MR) is 66.3 cm³/mol. The second-order valence-corrected chi connectivity index (χ2v) is 3.33. The summed E-state index contributed by atoms with van der Waals surface area (Å²) in [4.78, 5) is 21.4. The molecular weight excluding hydrogens is 254 g/mol. The third-order valence-electron chi connectivity index (χ3n) is 2.07. The molecular formula is C12H13NO6. The number of nitrogens with zero attached hydrogens (tertiary/aromatic N) is 1. The lowest BCUT2D eigenvalue weighted by atomic mass is 10.2. The van der Waals surface area contributed by atoms with E-state index in [9.17, 15) is 14.9 Å². The number of hydrogen-bond acceptors (Lipinski definition) is 6. The van der Waals surface area contributed by atoms with Crippen LogP contribution in [0.1, 0.15) is 0 Å². The van der Waals surface area contributed by atoms with Gasteiger partial charge >= 0.3 is 11.7 Å². The third kappa shape index (κ3) is 4.07. The van der Waals surface area contributed by atoms with E-state index in [1.807, 2.05) is 0 Å². The van der Waals surface area contributed by atoms with Crippen LogP contribution in [-0.2, 0) is 9.53 Å². The second-order valence-electron chi connectivity index (χ2n) is 3.33. The highest BCUT2D eigenvalue weighted by atomic mass is 16.6. The molecule has 1 aromatic rings. The van der Waals surface area contributed by atoms with Gasteiger partial charge in [-0.05, 0) is 6.07 Å². The van der Waals surface area contributed by atoms with Crippen LogP contribution in [0.15, 0.2) is 30.9 Å². The molecule has 102 valence electrons. The van der Waals surface area contributed by atoms with Gasteiger partial charge in [0.1, 0.15) is 6.61 Å². The number of para-hydroxylation sites is 1. The number of hydrogen-bond donors (Lipinski definition) is 0. The highest BCUT2D eigenvalue weighted by Gasteiger charge is 2.22. The normalized spacial score (nSPS) is 9.74. The van der Waals surface area contributed by atoms with E-state index in [0.717, 1.165) is 6.08 Å². The van der Waals surface area contributed by atoms with Crippen LogP contribution < -0.4 is 9.47 Å². The van der Waals surface area contributed by atoms with Crippen molar-refractivity contribution in [3.05, 3.63) is 41.0 Å². The Bertz CT molecular complexity index is 485. The molecule has 7 heteroatoms. The minimum absolute atomic E-state index is 0.0986. The Morgan fingerprint density at radius 3 is 2.79 bits per heavy atom. The molecule has 0 fully saturated rings. The van der Waals surface area contributed by atoms with Crippen molar-refractivity contribution in [1.82, 2.24) is 0 Å². The van der Waals surface area contributed by atoms with Gasteiger partial charge in [0.25, 0.3) is 0 Å². The maximum atomic E-state index is 11.2. The minimum atomic E-state index is -0.800. The Labute approximate surface area is 109 Å². The van der Waals surface area contributed by atoms with Crippen LogP contribution in [-0.4, -0.2) is 31.2 Å². The second kappa shape index (κ2) is 7.12. The Hall–Kier alpha value is -2.41. The first-order chi connectivity index (χ1) is 9.10. The molecule has 0 amide bonds. The SMILES string of the molecule is C=CC(=O)Oc1c(OCCOC)cccc1[N+](=O)[O-]. The molecule has 0 bridgehead atoms. The quantitative estimate of drug-likeness (QED) is 0.187. The summed E-state index contributed by atoms with van der Waals surface area (Å²) in [5.74, 6) is -0.944. The Morgan fingerprint density at radius 1 is 1.47 bits per heavy atom. The maximum Gasteiger partial charge on any atom is 0.335 e. The number of methoxy groups -OCH3 is 1. The standard InChI is InChI=1S/C12H13NO6/c1-3-11(14)19-12-9(13(15)16)5-4-6-10(12)18-8-7-17-2/h3-6H,1,7-8H2,2H3.